The maximum Gasteiger partial charge on any atom is 0.228 e. The molecule has 1 atom stereocenters. The Hall–Kier alpha value is -4.30. The van der Waals surface area contributed by atoms with Gasteiger partial charge in [0.25, 0.3) is 0 Å². The van der Waals surface area contributed by atoms with Gasteiger partial charge in [-0.15, -0.1) is 5.11 Å². The molecule has 0 unspecified atom stereocenters. The van der Waals surface area contributed by atoms with Crippen LogP contribution >= 0.6 is 0 Å². The fraction of sp³-hybridized carbons (Fsp3) is 0.389. The lowest BCUT2D eigenvalue weighted by Gasteiger charge is -2.27. The molecule has 1 amide bonds. The van der Waals surface area contributed by atoms with Crippen molar-refractivity contribution in [2.45, 2.75) is 57.8 Å². The van der Waals surface area contributed by atoms with Crippen molar-refractivity contribution in [1.82, 2.24) is 0 Å². The number of nitrogens with zero attached hydrogens (tertiary/aromatic N) is 3. The average molecular weight is 590 g/mol. The van der Waals surface area contributed by atoms with Gasteiger partial charge < -0.3 is 11.1 Å². The summed E-state index contributed by atoms with van der Waals surface area (Å²) in [6.07, 6.45) is 6.25. The van der Waals surface area contributed by atoms with Crippen LogP contribution in [0.4, 0.5) is 5.69 Å². The second-order valence-electron chi connectivity index (χ2n) is 12.4. The summed E-state index contributed by atoms with van der Waals surface area (Å²) in [5.74, 6) is 0.871. The van der Waals surface area contributed by atoms with Gasteiger partial charge in [0.2, 0.25) is 5.91 Å². The Morgan fingerprint density at radius 2 is 1.59 bits per heavy atom. The number of amides is 1. The van der Waals surface area contributed by atoms with Gasteiger partial charge in [-0.25, -0.2) is 4.99 Å². The van der Waals surface area contributed by atoms with Crippen molar-refractivity contribution in [3.8, 4) is 11.1 Å². The first kappa shape index (κ1) is 29.8. The van der Waals surface area contributed by atoms with Crippen LogP contribution in [0.15, 0.2) is 82.0 Å². The number of azo groups is 1. The van der Waals surface area contributed by atoms with Gasteiger partial charge in [-0.3, -0.25) is 14.4 Å². The molecule has 3 N–H and O–H groups in total. The molecule has 44 heavy (non-hydrogen) atoms. The fourth-order valence-electron chi connectivity index (χ4n) is 6.62. The number of hydrogen-bond acceptors (Lipinski definition) is 7. The minimum absolute atomic E-state index is 0.00741. The molecule has 0 aromatic heterocycles. The van der Waals surface area contributed by atoms with Gasteiger partial charge >= 0.3 is 0 Å². The van der Waals surface area contributed by atoms with E-state index in [-0.39, 0.29) is 24.0 Å². The Kier molecular flexibility index (Phi) is 9.17. The molecule has 1 aliphatic heterocycles. The van der Waals surface area contributed by atoms with Gasteiger partial charge in [0.15, 0.2) is 12.5 Å². The molecule has 1 saturated carbocycles. The van der Waals surface area contributed by atoms with Crippen LogP contribution < -0.4 is 11.1 Å². The zero-order valence-electron chi connectivity index (χ0n) is 25.0. The average Bonchev–Trinajstić information content (AvgIpc) is 3.60. The fourth-order valence-corrected chi connectivity index (χ4v) is 6.62. The van der Waals surface area contributed by atoms with Crippen molar-refractivity contribution in [1.29, 1.82) is 0 Å². The lowest BCUT2D eigenvalue weighted by Crippen LogP contribution is -2.31. The maximum atomic E-state index is 13.7. The summed E-state index contributed by atoms with van der Waals surface area (Å²) in [7, 11) is 0. The summed E-state index contributed by atoms with van der Waals surface area (Å²) in [5, 5.41) is 11.0. The third-order valence-corrected chi connectivity index (χ3v) is 9.35. The van der Waals surface area contributed by atoms with E-state index in [4.69, 9.17) is 5.73 Å². The summed E-state index contributed by atoms with van der Waals surface area (Å²) < 4.78 is 0. The predicted octanol–water partition coefficient (Wildman–Crippen LogP) is 6.10. The van der Waals surface area contributed by atoms with Crippen LogP contribution in [-0.4, -0.2) is 36.5 Å². The third kappa shape index (κ3) is 7.08. The zero-order chi connectivity index (χ0) is 30.5. The van der Waals surface area contributed by atoms with Gasteiger partial charge in [0, 0.05) is 42.3 Å². The first-order valence-corrected chi connectivity index (χ1v) is 15.7. The van der Waals surface area contributed by atoms with Crippen LogP contribution in [0.1, 0.15) is 60.8 Å². The minimum atomic E-state index is -0.497. The molecule has 0 radical (unpaired) electrons. The second-order valence-corrected chi connectivity index (χ2v) is 12.4. The number of nitrogens with one attached hydrogen (secondary N) is 1. The van der Waals surface area contributed by atoms with E-state index in [0.29, 0.717) is 55.7 Å². The van der Waals surface area contributed by atoms with E-state index >= 15 is 0 Å². The number of aryl methyl sites for hydroxylation is 1. The quantitative estimate of drug-likeness (QED) is 0.296. The molecule has 0 bridgehead atoms. The molecular weight excluding hydrogens is 550 g/mol. The molecule has 0 saturated heterocycles. The molecule has 2 aliphatic carbocycles. The number of carbonyl (C=O) groups is 3. The van der Waals surface area contributed by atoms with Crippen molar-refractivity contribution in [2.24, 2.45) is 38.7 Å². The van der Waals surface area contributed by atoms with Crippen LogP contribution in [0.5, 0.6) is 0 Å². The molecule has 3 aliphatic rings. The number of ketones is 2. The predicted molar refractivity (Wildman–Crippen MR) is 172 cm³/mol. The highest BCUT2D eigenvalue weighted by Gasteiger charge is 2.30. The molecule has 1 heterocycles. The molecular formula is C36H39N5O3. The molecule has 226 valence electrons. The van der Waals surface area contributed by atoms with Crippen LogP contribution in [0, 0.1) is 17.8 Å². The molecule has 3 aromatic carbocycles. The lowest BCUT2D eigenvalue weighted by atomic mass is 9.77. The highest BCUT2D eigenvalue weighted by molar-refractivity contribution is 6.01. The van der Waals surface area contributed by atoms with Gasteiger partial charge in [-0.05, 0) is 103 Å². The van der Waals surface area contributed by atoms with E-state index in [1.165, 1.54) is 5.56 Å². The summed E-state index contributed by atoms with van der Waals surface area (Å²) >= 11 is 0. The summed E-state index contributed by atoms with van der Waals surface area (Å²) in [6.45, 7) is 1.01. The summed E-state index contributed by atoms with van der Waals surface area (Å²) in [6, 6.07) is 22.0. The van der Waals surface area contributed by atoms with Gasteiger partial charge in [0.1, 0.15) is 11.6 Å². The van der Waals surface area contributed by atoms with E-state index in [9.17, 15) is 14.4 Å². The number of rotatable bonds is 10. The topological polar surface area (TPSA) is 126 Å². The standard InChI is InChI=1S/C36H39N5O3/c37-21-24-3-7-27(8-4-24)34(43)20-31(36(44)40-32-14-11-28(12-15-32)35-38-22-39-41-35)17-23-1-5-25(6-2-23)29-10-9-26-13-16-33(42)19-30(26)18-29/h1-2,5-6,9-12,14-15,18,24,27,31H,3-4,7-8,13,16-17,19-22,37H2,(H,40,44)/t24?,27?,31-/m1/s1. The van der Waals surface area contributed by atoms with E-state index in [2.05, 4.69) is 50.9 Å². The van der Waals surface area contributed by atoms with Gasteiger partial charge in [-0.2, -0.15) is 5.11 Å². The molecule has 3 aromatic rings. The maximum absolute atomic E-state index is 13.7. The Bertz CT molecular complexity index is 1580. The van der Waals surface area contributed by atoms with Crippen LogP contribution in [-0.2, 0) is 33.6 Å². The SMILES string of the molecule is NCC1CCC(C(=O)C[C@@H](Cc2ccc(-c3ccc4c(c3)CC(=O)CC4)cc2)C(=O)Nc2ccc(C3=NCN=N3)cc2)CC1. The van der Waals surface area contributed by atoms with Crippen molar-refractivity contribution < 1.29 is 14.4 Å². The van der Waals surface area contributed by atoms with Crippen molar-refractivity contribution in [2.75, 3.05) is 18.5 Å². The largest absolute Gasteiger partial charge is 0.330 e. The van der Waals surface area contributed by atoms with Crippen LogP contribution in [0.25, 0.3) is 11.1 Å². The molecule has 8 nitrogen and oxygen atoms in total. The number of benzene rings is 3. The van der Waals surface area contributed by atoms with Gasteiger partial charge in [-0.1, -0.05) is 42.5 Å². The third-order valence-electron chi connectivity index (χ3n) is 9.35. The highest BCUT2D eigenvalue weighted by atomic mass is 16.2. The molecule has 1 fully saturated rings. The van der Waals surface area contributed by atoms with E-state index in [0.717, 1.165) is 59.9 Å². The lowest BCUT2D eigenvalue weighted by molar-refractivity contribution is -0.129. The van der Waals surface area contributed by atoms with E-state index < -0.39 is 5.92 Å². The number of amidine groups is 1. The number of Topliss-reactive ketones (excluding diaryl/α,β-unsaturated/α-hetero) is 2. The van der Waals surface area contributed by atoms with Crippen molar-refractivity contribution in [3.63, 3.8) is 0 Å². The summed E-state index contributed by atoms with van der Waals surface area (Å²) in [4.78, 5) is 43.4. The van der Waals surface area contributed by atoms with Gasteiger partial charge in [0.05, 0.1) is 0 Å². The van der Waals surface area contributed by atoms with Crippen LogP contribution in [0.2, 0.25) is 0 Å². The normalized spacial score (nSPS) is 20.1. The monoisotopic (exact) mass is 589 g/mol. The second kappa shape index (κ2) is 13.6. The van der Waals surface area contributed by atoms with Crippen LogP contribution in [0.3, 0.4) is 0 Å². The number of hydrogen-bond donors (Lipinski definition) is 2. The number of aliphatic imine (C=N–C) groups is 1. The number of nitrogens with two attached hydrogens (primary N) is 1. The molecule has 6 rings (SSSR count). The Morgan fingerprint density at radius 3 is 2.30 bits per heavy atom. The molecule has 8 heteroatoms. The smallest absolute Gasteiger partial charge is 0.228 e. The minimum Gasteiger partial charge on any atom is -0.330 e. The molecule has 0 spiro atoms. The van der Waals surface area contributed by atoms with E-state index in [1.54, 1.807) is 0 Å². The number of carbonyl (C=O) groups excluding carboxylic acids is 3. The summed E-state index contributed by atoms with van der Waals surface area (Å²) in [5.41, 5.74) is 12.9. The van der Waals surface area contributed by atoms with E-state index in [1.807, 2.05) is 36.4 Å². The van der Waals surface area contributed by atoms with Crippen molar-refractivity contribution in [3.05, 3.63) is 89.0 Å². The van der Waals surface area contributed by atoms with Crippen molar-refractivity contribution >= 4 is 29.0 Å². The Labute approximate surface area is 258 Å². The number of anilines is 1. The Balaban J connectivity index is 1.16. The first-order chi connectivity index (χ1) is 21.4. The Morgan fingerprint density at radius 1 is 0.864 bits per heavy atom. The highest BCUT2D eigenvalue weighted by Crippen LogP contribution is 2.32. The zero-order valence-corrected chi connectivity index (χ0v) is 25.0. The first-order valence-electron chi connectivity index (χ1n) is 15.7. The number of fused-ring (bicyclic) bond motifs is 1.